The Kier molecular flexibility index (Phi) is 57.8. The molecule has 0 bridgehead atoms. The maximum atomic E-state index is 12.9. The highest BCUT2D eigenvalue weighted by Crippen LogP contribution is 2.45. The van der Waals surface area contributed by atoms with E-state index < -0.39 is 91.5 Å². The van der Waals surface area contributed by atoms with Gasteiger partial charge in [0, 0.05) is 19.3 Å². The second-order valence-corrected chi connectivity index (χ2v) is 24.1. The Balaban J connectivity index is 4.65. The van der Waals surface area contributed by atoms with Crippen LogP contribution < -0.4 is 0 Å². The van der Waals surface area contributed by atoms with Crippen LogP contribution in [0.3, 0.4) is 0 Å². The molecular weight excluding hydrogens is 1120 g/mol. The predicted octanol–water partition coefficient (Wildman–Crippen LogP) is 17.3. The van der Waals surface area contributed by atoms with Gasteiger partial charge < -0.3 is 34.2 Å². The Morgan fingerprint density at radius 2 is 0.647 bits per heavy atom. The smallest absolute Gasteiger partial charge is 0.463 e. The van der Waals surface area contributed by atoms with Gasteiger partial charge in [0.05, 0.1) is 26.4 Å². The Hall–Kier alpha value is -3.79. The van der Waals surface area contributed by atoms with Crippen LogP contribution in [-0.2, 0) is 55.8 Å². The Morgan fingerprint density at radius 1 is 0.341 bits per heavy atom. The summed E-state index contributed by atoms with van der Waals surface area (Å²) in [6.45, 7) is 2.38. The van der Waals surface area contributed by atoms with Gasteiger partial charge in [-0.2, -0.15) is 0 Å². The summed E-state index contributed by atoms with van der Waals surface area (Å²) >= 11 is 0. The van der Waals surface area contributed by atoms with Crippen molar-refractivity contribution < 1.29 is 75.8 Å². The normalized spacial score (nSPS) is 15.0. The van der Waals surface area contributed by atoms with E-state index in [9.17, 15) is 43.5 Å². The lowest BCUT2D eigenvalue weighted by Crippen LogP contribution is -2.30. The first kappa shape index (κ1) is 81.2. The van der Waals surface area contributed by atoms with Gasteiger partial charge in [-0.3, -0.25) is 32.5 Å². The summed E-state index contributed by atoms with van der Waals surface area (Å²) < 4.78 is 60.7. The van der Waals surface area contributed by atoms with E-state index in [0.717, 1.165) is 161 Å². The van der Waals surface area contributed by atoms with Gasteiger partial charge in [-0.1, -0.05) is 207 Å². The number of hydrogen-bond acceptors (Lipinski definition) is 14. The highest BCUT2D eigenvalue weighted by molar-refractivity contribution is 7.47. The summed E-state index contributed by atoms with van der Waals surface area (Å²) in [5, 5.41) is 20.5. The molecule has 0 aliphatic heterocycles. The molecule has 5 atom stereocenters. The fourth-order valence-electron chi connectivity index (χ4n) is 8.02. The van der Waals surface area contributed by atoms with E-state index in [0.29, 0.717) is 19.3 Å². The molecule has 5 unspecified atom stereocenters. The Labute approximate surface area is 513 Å². The predicted molar refractivity (Wildman–Crippen MR) is 344 cm³/mol. The first-order valence-electron chi connectivity index (χ1n) is 32.2. The van der Waals surface area contributed by atoms with Gasteiger partial charge in [0.25, 0.3) is 0 Å². The quantitative estimate of drug-likeness (QED) is 0.0146. The molecule has 488 valence electrons. The fourth-order valence-corrected chi connectivity index (χ4v) is 9.60. The van der Waals surface area contributed by atoms with E-state index in [1.807, 2.05) is 0 Å². The van der Waals surface area contributed by atoms with Crippen molar-refractivity contribution in [1.29, 1.82) is 0 Å². The van der Waals surface area contributed by atoms with Crippen molar-refractivity contribution in [3.8, 4) is 0 Å². The summed E-state index contributed by atoms with van der Waals surface area (Å²) in [5.74, 6) is -1.63. The summed E-state index contributed by atoms with van der Waals surface area (Å²) in [6, 6.07) is 0. The third kappa shape index (κ3) is 61.6. The van der Waals surface area contributed by atoms with Crippen LogP contribution in [0.15, 0.2) is 109 Å². The molecule has 85 heavy (non-hydrogen) atoms. The molecule has 0 aromatic carbocycles. The lowest BCUT2D eigenvalue weighted by molar-refractivity contribution is -0.161. The van der Waals surface area contributed by atoms with Crippen molar-refractivity contribution in [3.63, 3.8) is 0 Å². The van der Waals surface area contributed by atoms with Crippen molar-refractivity contribution >= 4 is 33.6 Å². The third-order valence-electron chi connectivity index (χ3n) is 12.9. The number of aliphatic hydroxyl groups excluding tert-OH is 2. The number of phosphoric acid groups is 2. The molecule has 0 aliphatic carbocycles. The van der Waals surface area contributed by atoms with Crippen LogP contribution in [0, 0.1) is 0 Å². The molecule has 0 aliphatic rings. The van der Waals surface area contributed by atoms with Crippen molar-refractivity contribution in [3.05, 3.63) is 109 Å². The van der Waals surface area contributed by atoms with Gasteiger partial charge in [-0.05, 0) is 122 Å². The molecule has 0 saturated heterocycles. The van der Waals surface area contributed by atoms with E-state index in [4.69, 9.17) is 32.3 Å². The average molecular weight is 1240 g/mol. The molecule has 0 aromatic heterocycles. The largest absolute Gasteiger partial charge is 0.472 e. The van der Waals surface area contributed by atoms with Crippen LogP contribution >= 0.6 is 15.6 Å². The van der Waals surface area contributed by atoms with Crippen molar-refractivity contribution in [2.75, 3.05) is 39.6 Å². The number of allylic oxidation sites excluding steroid dienone is 18. The molecule has 0 amide bonds. The fraction of sp³-hybridized carbons (Fsp3) is 0.687. The van der Waals surface area contributed by atoms with Crippen molar-refractivity contribution in [2.24, 2.45) is 0 Å². The van der Waals surface area contributed by atoms with Crippen molar-refractivity contribution in [1.82, 2.24) is 0 Å². The molecule has 0 aromatic rings. The van der Waals surface area contributed by atoms with Gasteiger partial charge in [0.2, 0.25) is 0 Å². The van der Waals surface area contributed by atoms with Gasteiger partial charge in [0.15, 0.2) is 6.10 Å². The minimum Gasteiger partial charge on any atom is -0.463 e. The summed E-state index contributed by atoms with van der Waals surface area (Å²) in [7, 11) is -9.78. The van der Waals surface area contributed by atoms with E-state index in [1.54, 1.807) is 0 Å². The highest BCUT2D eigenvalue weighted by atomic mass is 31.2. The number of phosphoric ester groups is 2. The van der Waals surface area contributed by atoms with E-state index in [2.05, 4.69) is 130 Å². The zero-order chi connectivity index (χ0) is 62.4. The van der Waals surface area contributed by atoms with Gasteiger partial charge in [-0.25, -0.2) is 9.13 Å². The van der Waals surface area contributed by atoms with Crippen LogP contribution in [0.1, 0.15) is 239 Å². The molecule has 0 heterocycles. The summed E-state index contributed by atoms with van der Waals surface area (Å²) in [5.41, 5.74) is 0. The van der Waals surface area contributed by atoms with Gasteiger partial charge in [0.1, 0.15) is 25.4 Å². The topological polar surface area (TPSA) is 231 Å². The second-order valence-electron chi connectivity index (χ2n) is 21.2. The summed E-state index contributed by atoms with van der Waals surface area (Å²) in [6.07, 6.45) is 65.8. The third-order valence-corrected chi connectivity index (χ3v) is 14.8. The lowest BCUT2D eigenvalue weighted by Gasteiger charge is -2.21. The molecule has 0 radical (unpaired) electrons. The molecule has 4 N–H and O–H groups in total. The van der Waals surface area contributed by atoms with Crippen LogP contribution in [0.25, 0.3) is 0 Å². The number of ether oxygens (including phenoxy) is 3. The van der Waals surface area contributed by atoms with Crippen LogP contribution in [0.2, 0.25) is 0 Å². The maximum absolute atomic E-state index is 12.9. The maximum Gasteiger partial charge on any atom is 0.472 e. The van der Waals surface area contributed by atoms with Crippen molar-refractivity contribution in [2.45, 2.75) is 257 Å². The standard InChI is InChI=1S/C67H114O16P2/c1-4-7-10-13-16-19-22-25-27-28-29-30-31-32-34-37-38-41-44-47-50-53-65(70)77-56-62(68)57-79-84(73,74)80-58-63(69)59-81-85(75,76)82-61-64(83-67(72)55-52-49-46-43-40-35-24-21-18-15-12-9-6-3)60-78-66(71)54-51-48-45-42-39-36-33-26-23-20-17-14-11-8-5-2/h7,10,12,15-17,19-21,24-27,29-30,32-34,62-64,68-69H,4-6,8-9,11,13-14,18,22-23,28,31,35-61H2,1-3H3,(H,73,74)(H,75,76)/b10-7-,15-12-,19-16-,20-17-,24-21-,27-25-,30-29-,33-26-,34-32-. The number of rotatable bonds is 60. The number of esters is 3. The molecule has 0 saturated carbocycles. The van der Waals surface area contributed by atoms with Crippen LogP contribution in [0.5, 0.6) is 0 Å². The highest BCUT2D eigenvalue weighted by Gasteiger charge is 2.29. The van der Waals surface area contributed by atoms with Gasteiger partial charge >= 0.3 is 33.6 Å². The SMILES string of the molecule is CC/C=C\C/C=C\C/C=C\C/C=C\C/C=C\CCCCCCCC(=O)OCC(O)COP(=O)(O)OCC(O)COP(=O)(O)OCC(COC(=O)CCCCCCC/C=C\C/C=C\CCCCC)OC(=O)CCCCCCC/C=C\C/C=C\CCC. The molecule has 0 spiro atoms. The molecule has 0 rings (SSSR count). The second kappa shape index (κ2) is 60.5. The molecular formula is C67H114O16P2. The Morgan fingerprint density at radius 3 is 1.04 bits per heavy atom. The van der Waals surface area contributed by atoms with Gasteiger partial charge in [-0.15, -0.1) is 0 Å². The minimum atomic E-state index is -4.93. The number of hydrogen-bond donors (Lipinski definition) is 4. The molecule has 18 heteroatoms. The number of unbranched alkanes of at least 4 members (excludes halogenated alkanes) is 19. The van der Waals surface area contributed by atoms with E-state index in [-0.39, 0.29) is 19.3 Å². The lowest BCUT2D eigenvalue weighted by atomic mass is 10.1. The zero-order valence-corrected chi connectivity index (χ0v) is 54.3. The summed E-state index contributed by atoms with van der Waals surface area (Å²) in [4.78, 5) is 58.2. The minimum absolute atomic E-state index is 0.0831. The zero-order valence-electron chi connectivity index (χ0n) is 52.5. The first-order chi connectivity index (χ1) is 41.2. The number of carbonyl (C=O) groups excluding carboxylic acids is 3. The monoisotopic (exact) mass is 1240 g/mol. The molecule has 0 fully saturated rings. The molecule has 16 nitrogen and oxygen atoms in total. The van der Waals surface area contributed by atoms with E-state index >= 15 is 0 Å². The van der Waals surface area contributed by atoms with Crippen LogP contribution in [0.4, 0.5) is 0 Å². The van der Waals surface area contributed by atoms with Crippen LogP contribution in [-0.4, -0.2) is 95.9 Å². The number of aliphatic hydroxyl groups is 2. The Bertz CT molecular complexity index is 1990. The number of carbonyl (C=O) groups is 3. The van der Waals surface area contributed by atoms with E-state index in [1.165, 1.54) is 19.3 Å². The first-order valence-corrected chi connectivity index (χ1v) is 35.2. The average Bonchev–Trinajstić information content (AvgIpc) is 3.51.